The lowest BCUT2D eigenvalue weighted by Crippen LogP contribution is -2.40. The highest BCUT2D eigenvalue weighted by molar-refractivity contribution is 7.89. The third-order valence-electron chi connectivity index (χ3n) is 5.65. The van der Waals surface area contributed by atoms with Crippen molar-refractivity contribution in [3.05, 3.63) is 23.8 Å². The Balaban J connectivity index is 1.71. The SMILES string of the molecule is COc1ccc(CC(=O)NC2CCCCCCC2)cc1S(=O)(=O)N1CCOCC1. The van der Waals surface area contributed by atoms with Crippen molar-refractivity contribution >= 4 is 15.9 Å². The minimum Gasteiger partial charge on any atom is -0.495 e. The number of amides is 1. The number of sulfonamides is 1. The molecule has 3 rings (SSSR count). The zero-order valence-corrected chi connectivity index (χ0v) is 18.0. The van der Waals surface area contributed by atoms with Crippen molar-refractivity contribution in [2.75, 3.05) is 33.4 Å². The van der Waals surface area contributed by atoms with Gasteiger partial charge >= 0.3 is 0 Å². The molecule has 0 aromatic heterocycles. The van der Waals surface area contributed by atoms with Crippen LogP contribution in [0.5, 0.6) is 5.75 Å². The number of rotatable bonds is 6. The molecule has 162 valence electrons. The van der Waals surface area contributed by atoms with Crippen LogP contribution in [0.15, 0.2) is 23.1 Å². The topological polar surface area (TPSA) is 84.9 Å². The van der Waals surface area contributed by atoms with Gasteiger partial charge in [-0.25, -0.2) is 8.42 Å². The van der Waals surface area contributed by atoms with Crippen LogP contribution < -0.4 is 10.1 Å². The van der Waals surface area contributed by atoms with Gasteiger partial charge in [-0.05, 0) is 30.5 Å². The summed E-state index contributed by atoms with van der Waals surface area (Å²) in [5.41, 5.74) is 0.668. The van der Waals surface area contributed by atoms with E-state index in [1.165, 1.54) is 30.7 Å². The van der Waals surface area contributed by atoms with E-state index in [1.54, 1.807) is 18.2 Å². The Kier molecular flexibility index (Phi) is 7.91. The van der Waals surface area contributed by atoms with Gasteiger partial charge in [0.2, 0.25) is 15.9 Å². The van der Waals surface area contributed by atoms with Crippen molar-refractivity contribution < 1.29 is 22.7 Å². The predicted octanol–water partition coefficient (Wildman–Crippen LogP) is 2.49. The molecule has 0 spiro atoms. The third-order valence-corrected chi connectivity index (χ3v) is 7.57. The van der Waals surface area contributed by atoms with E-state index in [0.717, 1.165) is 25.7 Å². The summed E-state index contributed by atoms with van der Waals surface area (Å²) in [5.74, 6) is 0.233. The predicted molar refractivity (Wildman–Crippen MR) is 111 cm³/mol. The Morgan fingerprint density at radius 2 is 1.79 bits per heavy atom. The Hall–Kier alpha value is -1.64. The maximum Gasteiger partial charge on any atom is 0.246 e. The Morgan fingerprint density at radius 1 is 1.14 bits per heavy atom. The second-order valence-corrected chi connectivity index (χ2v) is 9.69. The molecule has 0 atom stereocenters. The maximum absolute atomic E-state index is 13.1. The van der Waals surface area contributed by atoms with Gasteiger partial charge in [0.05, 0.1) is 26.7 Å². The summed E-state index contributed by atoms with van der Waals surface area (Å²) in [6.07, 6.45) is 8.24. The molecule has 8 heteroatoms. The molecule has 2 aliphatic rings. The molecule has 0 unspecified atom stereocenters. The van der Waals surface area contributed by atoms with Gasteiger partial charge in [-0.3, -0.25) is 4.79 Å². The van der Waals surface area contributed by atoms with Crippen LogP contribution in [-0.2, 0) is 26.0 Å². The third kappa shape index (κ3) is 5.93. The first-order valence-corrected chi connectivity index (χ1v) is 12.0. The van der Waals surface area contributed by atoms with Crippen LogP contribution in [0.2, 0.25) is 0 Å². The van der Waals surface area contributed by atoms with E-state index >= 15 is 0 Å². The number of carbonyl (C=O) groups is 1. The maximum atomic E-state index is 13.1. The monoisotopic (exact) mass is 424 g/mol. The highest BCUT2D eigenvalue weighted by atomic mass is 32.2. The summed E-state index contributed by atoms with van der Waals surface area (Å²) in [4.78, 5) is 12.7. The zero-order valence-electron chi connectivity index (χ0n) is 17.2. The largest absolute Gasteiger partial charge is 0.495 e. The normalized spacial score (nSPS) is 19.9. The molecule has 7 nitrogen and oxygen atoms in total. The number of morpholine rings is 1. The molecule has 1 aliphatic heterocycles. The van der Waals surface area contributed by atoms with Gasteiger partial charge in [-0.1, -0.05) is 38.2 Å². The smallest absolute Gasteiger partial charge is 0.246 e. The number of hydrogen-bond donors (Lipinski definition) is 1. The van der Waals surface area contributed by atoms with Crippen molar-refractivity contribution in [3.8, 4) is 5.75 Å². The van der Waals surface area contributed by atoms with Crippen LogP contribution in [0.1, 0.15) is 50.5 Å². The standard InChI is InChI=1S/C21H32N2O5S/c1-27-19-10-9-17(15-20(19)29(25,26)23-11-13-28-14-12-23)16-21(24)22-18-7-5-3-2-4-6-8-18/h9-10,15,18H,2-8,11-14,16H2,1H3,(H,22,24). The van der Waals surface area contributed by atoms with E-state index in [4.69, 9.17) is 9.47 Å². The second kappa shape index (κ2) is 10.4. The van der Waals surface area contributed by atoms with Crippen LogP contribution in [0.4, 0.5) is 0 Å². The van der Waals surface area contributed by atoms with E-state index in [0.29, 0.717) is 37.6 Å². The fourth-order valence-electron chi connectivity index (χ4n) is 4.02. The van der Waals surface area contributed by atoms with Crippen molar-refractivity contribution in [2.45, 2.75) is 62.3 Å². The lowest BCUT2D eigenvalue weighted by molar-refractivity contribution is -0.121. The van der Waals surface area contributed by atoms with Gasteiger partial charge in [0, 0.05) is 19.1 Å². The summed E-state index contributed by atoms with van der Waals surface area (Å²) in [5, 5.41) is 3.14. The number of methoxy groups -OCH3 is 1. The first-order chi connectivity index (χ1) is 14.0. The van der Waals surface area contributed by atoms with Crippen molar-refractivity contribution in [1.82, 2.24) is 9.62 Å². The van der Waals surface area contributed by atoms with Gasteiger partial charge in [0.1, 0.15) is 10.6 Å². The van der Waals surface area contributed by atoms with E-state index in [9.17, 15) is 13.2 Å². The molecule has 1 saturated carbocycles. The minimum absolute atomic E-state index is 0.0598. The minimum atomic E-state index is -3.70. The van der Waals surface area contributed by atoms with Crippen LogP contribution in [0.3, 0.4) is 0 Å². The fourth-order valence-corrected chi connectivity index (χ4v) is 5.64. The van der Waals surface area contributed by atoms with E-state index < -0.39 is 10.0 Å². The Bertz CT molecular complexity index is 782. The molecule has 1 amide bonds. The van der Waals surface area contributed by atoms with Gasteiger partial charge in [-0.2, -0.15) is 4.31 Å². The molecule has 0 bridgehead atoms. The lowest BCUT2D eigenvalue weighted by atomic mass is 9.96. The molecule has 1 saturated heterocycles. The summed E-state index contributed by atoms with van der Waals surface area (Å²) in [6.45, 7) is 1.39. The number of ether oxygens (including phenoxy) is 2. The first-order valence-electron chi connectivity index (χ1n) is 10.5. The van der Waals surface area contributed by atoms with E-state index in [1.807, 2.05) is 0 Å². The van der Waals surface area contributed by atoms with E-state index in [-0.39, 0.29) is 23.3 Å². The molecule has 1 aromatic rings. The van der Waals surface area contributed by atoms with Gasteiger partial charge in [0.25, 0.3) is 0 Å². The number of hydrogen-bond acceptors (Lipinski definition) is 5. The number of nitrogens with zero attached hydrogens (tertiary/aromatic N) is 1. The Labute approximate surface area is 173 Å². The number of carbonyl (C=O) groups excluding carboxylic acids is 1. The van der Waals surface area contributed by atoms with Gasteiger partial charge in [-0.15, -0.1) is 0 Å². The zero-order chi connectivity index (χ0) is 20.7. The van der Waals surface area contributed by atoms with Gasteiger partial charge in [0.15, 0.2) is 0 Å². The fraction of sp³-hybridized carbons (Fsp3) is 0.667. The molecular weight excluding hydrogens is 392 g/mol. The Morgan fingerprint density at radius 3 is 2.45 bits per heavy atom. The quantitative estimate of drug-likeness (QED) is 0.758. The molecular formula is C21H32N2O5S. The average Bonchev–Trinajstić information content (AvgIpc) is 2.70. The van der Waals surface area contributed by atoms with Crippen molar-refractivity contribution in [3.63, 3.8) is 0 Å². The second-order valence-electron chi connectivity index (χ2n) is 7.79. The number of nitrogens with one attached hydrogen (secondary N) is 1. The van der Waals surface area contributed by atoms with E-state index in [2.05, 4.69) is 5.32 Å². The average molecular weight is 425 g/mol. The molecule has 1 N–H and O–H groups in total. The van der Waals surface area contributed by atoms with Crippen molar-refractivity contribution in [1.29, 1.82) is 0 Å². The lowest BCUT2D eigenvalue weighted by Gasteiger charge is -2.27. The molecule has 1 heterocycles. The first kappa shape index (κ1) is 22.1. The molecule has 29 heavy (non-hydrogen) atoms. The highest BCUT2D eigenvalue weighted by Crippen LogP contribution is 2.28. The summed E-state index contributed by atoms with van der Waals surface area (Å²) < 4.78 is 38.1. The molecule has 1 aliphatic carbocycles. The summed E-state index contributed by atoms with van der Waals surface area (Å²) >= 11 is 0. The van der Waals surface area contributed by atoms with Gasteiger partial charge < -0.3 is 14.8 Å². The molecule has 2 fully saturated rings. The van der Waals surface area contributed by atoms with Crippen molar-refractivity contribution in [2.24, 2.45) is 0 Å². The summed E-state index contributed by atoms with van der Waals surface area (Å²) in [7, 11) is -2.25. The van der Waals surface area contributed by atoms with Crippen LogP contribution in [-0.4, -0.2) is 58.1 Å². The highest BCUT2D eigenvalue weighted by Gasteiger charge is 2.29. The summed E-state index contributed by atoms with van der Waals surface area (Å²) in [6, 6.07) is 5.18. The molecule has 0 radical (unpaired) electrons. The number of benzene rings is 1. The van der Waals surface area contributed by atoms with Crippen LogP contribution in [0, 0.1) is 0 Å². The molecule has 1 aromatic carbocycles. The van der Waals surface area contributed by atoms with Crippen LogP contribution in [0.25, 0.3) is 0 Å². The van der Waals surface area contributed by atoms with Crippen LogP contribution >= 0.6 is 0 Å².